The first-order chi connectivity index (χ1) is 11.9. The Balaban J connectivity index is 1.72. The number of fused-ring (bicyclic) bond motifs is 1. The van der Waals surface area contributed by atoms with Crippen molar-refractivity contribution in [3.05, 3.63) is 47.2 Å². The Bertz CT molecular complexity index is 791. The number of hydrogen-bond donors (Lipinski definition) is 3. The zero-order valence-electron chi connectivity index (χ0n) is 12.8. The van der Waals surface area contributed by atoms with Crippen molar-refractivity contribution in [2.45, 2.75) is 17.8 Å². The Morgan fingerprint density at radius 2 is 1.84 bits per heavy atom. The monoisotopic (exact) mass is 362 g/mol. The van der Waals surface area contributed by atoms with Crippen molar-refractivity contribution < 1.29 is 29.4 Å². The fourth-order valence-electron chi connectivity index (χ4n) is 2.79. The van der Waals surface area contributed by atoms with Gasteiger partial charge in [-0.3, -0.25) is 14.5 Å². The van der Waals surface area contributed by atoms with Crippen LogP contribution < -0.4 is 5.32 Å². The lowest BCUT2D eigenvalue weighted by atomic mass is 10.0. The van der Waals surface area contributed by atoms with E-state index in [-0.39, 0.29) is 23.7 Å². The number of β-lactam (4-membered cyclic amide) rings is 1. The van der Waals surface area contributed by atoms with Crippen molar-refractivity contribution in [2.24, 2.45) is 0 Å². The number of carboxylic acids is 2. The highest BCUT2D eigenvalue weighted by Crippen LogP contribution is 2.40. The number of amides is 2. The van der Waals surface area contributed by atoms with Gasteiger partial charge in [0.15, 0.2) is 0 Å². The van der Waals surface area contributed by atoms with E-state index in [0.29, 0.717) is 0 Å². The lowest BCUT2D eigenvalue weighted by Crippen LogP contribution is -2.70. The average Bonchev–Trinajstić information content (AvgIpc) is 2.58. The molecule has 2 aliphatic heterocycles. The molecule has 8 nitrogen and oxygen atoms in total. The Labute approximate surface area is 146 Å². The van der Waals surface area contributed by atoms with Crippen LogP contribution in [0.1, 0.15) is 5.56 Å². The number of carboxylic acid groups (broad SMARTS) is 2. The van der Waals surface area contributed by atoms with Crippen molar-refractivity contribution in [3.63, 3.8) is 0 Å². The van der Waals surface area contributed by atoms with Crippen LogP contribution in [-0.4, -0.2) is 56.0 Å². The Morgan fingerprint density at radius 1 is 1.16 bits per heavy atom. The number of benzene rings is 1. The summed E-state index contributed by atoms with van der Waals surface area (Å²) >= 11 is 1.12. The second-order valence-corrected chi connectivity index (χ2v) is 6.66. The molecule has 0 radical (unpaired) electrons. The van der Waals surface area contributed by atoms with E-state index in [0.717, 1.165) is 22.2 Å². The number of nitrogens with one attached hydrogen (secondary N) is 1. The third-order valence-electron chi connectivity index (χ3n) is 3.95. The zero-order valence-corrected chi connectivity index (χ0v) is 13.7. The molecule has 2 aliphatic rings. The molecule has 0 bridgehead atoms. The number of carbonyl (C=O) groups excluding carboxylic acids is 2. The number of nitrogens with zero attached hydrogens (tertiary/aromatic N) is 1. The smallest absolute Gasteiger partial charge is 0.353 e. The van der Waals surface area contributed by atoms with E-state index in [1.165, 1.54) is 0 Å². The Hall–Kier alpha value is -2.81. The number of carbonyl (C=O) groups is 4. The largest absolute Gasteiger partial charge is 0.478 e. The topological polar surface area (TPSA) is 124 Å². The van der Waals surface area contributed by atoms with Gasteiger partial charge in [0.25, 0.3) is 5.91 Å². The summed E-state index contributed by atoms with van der Waals surface area (Å²) in [4.78, 5) is 47.9. The lowest BCUT2D eigenvalue weighted by Gasteiger charge is -2.49. The predicted octanol–water partition coefficient (Wildman–Crippen LogP) is 0.0523. The van der Waals surface area contributed by atoms with Crippen LogP contribution in [0.2, 0.25) is 0 Å². The summed E-state index contributed by atoms with van der Waals surface area (Å²) in [6.45, 7) is 0. The molecule has 0 aromatic heterocycles. The number of thioether (sulfide) groups is 1. The number of rotatable bonds is 5. The molecule has 2 amide bonds. The predicted molar refractivity (Wildman–Crippen MR) is 87.5 cm³/mol. The maximum absolute atomic E-state index is 12.3. The van der Waals surface area contributed by atoms with Gasteiger partial charge in [-0.05, 0) is 5.56 Å². The SMILES string of the molecule is O=C(Cc1ccccc1)NC1C(=O)N2C(C(=O)O)=C(C(=O)O)CS[C@@H]12. The van der Waals surface area contributed by atoms with E-state index in [9.17, 15) is 24.3 Å². The van der Waals surface area contributed by atoms with E-state index < -0.39 is 35.0 Å². The van der Waals surface area contributed by atoms with Crippen LogP contribution in [0.5, 0.6) is 0 Å². The molecule has 2 atom stereocenters. The van der Waals surface area contributed by atoms with Crippen molar-refractivity contribution in [1.29, 1.82) is 0 Å². The van der Waals surface area contributed by atoms with Gasteiger partial charge >= 0.3 is 11.9 Å². The van der Waals surface area contributed by atoms with E-state index in [4.69, 9.17) is 5.11 Å². The molecule has 25 heavy (non-hydrogen) atoms. The van der Waals surface area contributed by atoms with Gasteiger partial charge in [-0.25, -0.2) is 9.59 Å². The number of aliphatic carboxylic acids is 2. The molecule has 2 heterocycles. The molecule has 3 N–H and O–H groups in total. The molecule has 1 unspecified atom stereocenters. The van der Waals surface area contributed by atoms with Gasteiger partial charge in [0.1, 0.15) is 17.1 Å². The fraction of sp³-hybridized carbons (Fsp3) is 0.250. The van der Waals surface area contributed by atoms with Gasteiger partial charge in [0, 0.05) is 5.75 Å². The quantitative estimate of drug-likeness (QED) is 0.632. The number of hydrogen-bond acceptors (Lipinski definition) is 5. The van der Waals surface area contributed by atoms with Gasteiger partial charge in [-0.2, -0.15) is 0 Å². The standard InChI is InChI=1S/C16H14N2O6S/c19-10(6-8-4-2-1-3-5-8)17-11-13(20)18-12(16(23)24)9(15(21)22)7-25-14(11)18/h1-5,11,14H,6-7H2,(H,17,19)(H,21,22)(H,23,24)/t11?,14-/m0/s1. The van der Waals surface area contributed by atoms with Crippen molar-refractivity contribution in [2.75, 3.05) is 5.75 Å². The van der Waals surface area contributed by atoms with Gasteiger partial charge in [0.05, 0.1) is 12.0 Å². The first kappa shape index (κ1) is 17.0. The molecule has 1 saturated heterocycles. The fourth-order valence-corrected chi connectivity index (χ4v) is 4.12. The summed E-state index contributed by atoms with van der Waals surface area (Å²) in [7, 11) is 0. The minimum Gasteiger partial charge on any atom is -0.478 e. The molecule has 1 fully saturated rings. The van der Waals surface area contributed by atoms with E-state index in [2.05, 4.69) is 5.32 Å². The Kier molecular flexibility index (Phi) is 4.49. The van der Waals surface area contributed by atoms with Crippen molar-refractivity contribution in [3.8, 4) is 0 Å². The average molecular weight is 362 g/mol. The van der Waals surface area contributed by atoms with Gasteiger partial charge < -0.3 is 15.5 Å². The van der Waals surface area contributed by atoms with Crippen LogP contribution in [0, 0.1) is 0 Å². The summed E-state index contributed by atoms with van der Waals surface area (Å²) in [5, 5.41) is 20.3. The lowest BCUT2D eigenvalue weighted by molar-refractivity contribution is -0.151. The van der Waals surface area contributed by atoms with Gasteiger partial charge in [-0.1, -0.05) is 30.3 Å². The van der Waals surface area contributed by atoms with Crippen LogP contribution in [-0.2, 0) is 25.6 Å². The van der Waals surface area contributed by atoms with E-state index in [1.54, 1.807) is 24.3 Å². The van der Waals surface area contributed by atoms with E-state index >= 15 is 0 Å². The highest BCUT2D eigenvalue weighted by molar-refractivity contribution is 8.00. The van der Waals surface area contributed by atoms with Crippen LogP contribution >= 0.6 is 11.8 Å². The molecule has 130 valence electrons. The molecular weight excluding hydrogens is 348 g/mol. The maximum atomic E-state index is 12.3. The third-order valence-corrected chi connectivity index (χ3v) is 5.23. The molecule has 3 rings (SSSR count). The van der Waals surface area contributed by atoms with Crippen molar-refractivity contribution in [1.82, 2.24) is 10.2 Å². The summed E-state index contributed by atoms with van der Waals surface area (Å²) in [6.07, 6.45) is 0.101. The summed E-state index contributed by atoms with van der Waals surface area (Å²) in [5.74, 6) is -3.85. The van der Waals surface area contributed by atoms with Crippen LogP contribution in [0.4, 0.5) is 0 Å². The van der Waals surface area contributed by atoms with Gasteiger partial charge in [0.2, 0.25) is 5.91 Å². The normalized spacial score (nSPS) is 22.1. The summed E-state index contributed by atoms with van der Waals surface area (Å²) in [6, 6.07) is 8.14. The van der Waals surface area contributed by atoms with Gasteiger partial charge in [-0.15, -0.1) is 11.8 Å². The summed E-state index contributed by atoms with van der Waals surface area (Å²) < 4.78 is 0. The van der Waals surface area contributed by atoms with Crippen molar-refractivity contribution >= 4 is 35.5 Å². The minimum atomic E-state index is -1.47. The highest BCUT2D eigenvalue weighted by Gasteiger charge is 2.54. The van der Waals surface area contributed by atoms with Crippen LogP contribution in [0.3, 0.4) is 0 Å². The second kappa shape index (κ2) is 6.60. The first-order valence-corrected chi connectivity index (χ1v) is 8.42. The highest BCUT2D eigenvalue weighted by atomic mass is 32.2. The van der Waals surface area contributed by atoms with E-state index in [1.807, 2.05) is 6.07 Å². The second-order valence-electron chi connectivity index (χ2n) is 5.55. The third kappa shape index (κ3) is 3.10. The zero-order chi connectivity index (χ0) is 18.1. The molecule has 0 spiro atoms. The Morgan fingerprint density at radius 3 is 2.44 bits per heavy atom. The summed E-state index contributed by atoms with van der Waals surface area (Å²) in [5.41, 5.74) is -0.0508. The first-order valence-electron chi connectivity index (χ1n) is 7.38. The molecule has 0 saturated carbocycles. The molecule has 9 heteroatoms. The molecule has 0 aliphatic carbocycles. The molecule has 1 aromatic rings. The maximum Gasteiger partial charge on any atom is 0.353 e. The van der Waals surface area contributed by atoms with Crippen LogP contribution in [0.15, 0.2) is 41.6 Å². The van der Waals surface area contributed by atoms with Crippen LogP contribution in [0.25, 0.3) is 0 Å². The molecule has 1 aromatic carbocycles. The molecular formula is C16H14N2O6S. The minimum absolute atomic E-state index is 0.0452.